The van der Waals surface area contributed by atoms with Crippen LogP contribution in [0.25, 0.3) is 0 Å². The Balaban J connectivity index is 2.14. The number of nitrogens with two attached hydrogens (primary N) is 1. The molecule has 0 aliphatic heterocycles. The van der Waals surface area contributed by atoms with Crippen LogP contribution < -0.4 is 5.73 Å². The topological polar surface area (TPSA) is 60.2 Å². The van der Waals surface area contributed by atoms with Gasteiger partial charge in [0.15, 0.2) is 9.84 Å². The highest BCUT2D eigenvalue weighted by Gasteiger charge is 2.30. The molecule has 1 aliphatic rings. The van der Waals surface area contributed by atoms with E-state index in [1.54, 1.807) is 18.2 Å². The molecule has 0 spiro atoms. The molecule has 2 unspecified atom stereocenters. The Morgan fingerprint density at radius 3 is 2.74 bits per heavy atom. The van der Waals surface area contributed by atoms with E-state index in [0.29, 0.717) is 16.6 Å². The van der Waals surface area contributed by atoms with E-state index in [-0.39, 0.29) is 11.0 Å². The highest BCUT2D eigenvalue weighted by atomic mass is 35.5. The van der Waals surface area contributed by atoms with Gasteiger partial charge in [-0.1, -0.05) is 37.4 Å². The monoisotopic (exact) mass is 301 g/mol. The summed E-state index contributed by atoms with van der Waals surface area (Å²) in [5.41, 5.74) is 6.87. The van der Waals surface area contributed by atoms with E-state index in [9.17, 15) is 8.42 Å². The summed E-state index contributed by atoms with van der Waals surface area (Å²) < 4.78 is 24.8. The molecule has 2 rings (SSSR count). The minimum absolute atomic E-state index is 0.0613. The number of hydrogen-bond donors (Lipinski definition) is 1. The second-order valence-electron chi connectivity index (χ2n) is 5.56. The standard InChI is InChI=1S/C14H20ClNO2S/c1-10-3-2-4-12(7-10)19(17,18)9-11-5-6-13(15)14(16)8-11/h5-6,8,10,12H,2-4,7,9,16H2,1H3. The van der Waals surface area contributed by atoms with Crippen LogP contribution >= 0.6 is 11.6 Å². The highest BCUT2D eigenvalue weighted by molar-refractivity contribution is 7.91. The maximum Gasteiger partial charge on any atom is 0.157 e. The Bertz CT molecular complexity index is 557. The number of rotatable bonds is 3. The van der Waals surface area contributed by atoms with Gasteiger partial charge < -0.3 is 5.73 Å². The number of benzene rings is 1. The quantitative estimate of drug-likeness (QED) is 0.870. The van der Waals surface area contributed by atoms with Crippen molar-refractivity contribution in [2.24, 2.45) is 5.92 Å². The van der Waals surface area contributed by atoms with E-state index in [1.165, 1.54) is 0 Å². The van der Waals surface area contributed by atoms with Crippen molar-refractivity contribution in [3.8, 4) is 0 Å². The fourth-order valence-electron chi connectivity index (χ4n) is 2.74. The molecular formula is C14H20ClNO2S. The highest BCUT2D eigenvalue weighted by Crippen LogP contribution is 2.30. The minimum Gasteiger partial charge on any atom is -0.398 e. The van der Waals surface area contributed by atoms with Crippen molar-refractivity contribution in [2.45, 2.75) is 43.6 Å². The normalized spacial score (nSPS) is 24.3. The molecule has 0 radical (unpaired) electrons. The second kappa shape index (κ2) is 5.71. The number of nitrogen functional groups attached to an aromatic ring is 1. The zero-order valence-electron chi connectivity index (χ0n) is 11.1. The lowest BCUT2D eigenvalue weighted by atomic mass is 9.91. The lowest BCUT2D eigenvalue weighted by Crippen LogP contribution is -2.28. The Morgan fingerprint density at radius 1 is 1.37 bits per heavy atom. The van der Waals surface area contributed by atoms with Gasteiger partial charge in [-0.15, -0.1) is 0 Å². The van der Waals surface area contributed by atoms with Crippen molar-refractivity contribution in [1.29, 1.82) is 0 Å². The zero-order chi connectivity index (χ0) is 14.0. The molecule has 0 bridgehead atoms. The molecule has 0 saturated heterocycles. The third-order valence-electron chi connectivity index (χ3n) is 3.82. The summed E-state index contributed by atoms with van der Waals surface area (Å²) in [7, 11) is -3.10. The summed E-state index contributed by atoms with van der Waals surface area (Å²) in [5.74, 6) is 0.565. The Labute approximate surface area is 120 Å². The smallest absolute Gasteiger partial charge is 0.157 e. The molecule has 106 valence electrons. The van der Waals surface area contributed by atoms with Crippen LogP contribution in [-0.2, 0) is 15.6 Å². The Morgan fingerprint density at radius 2 is 2.11 bits per heavy atom. The van der Waals surface area contributed by atoms with Gasteiger partial charge in [-0.05, 0) is 36.5 Å². The van der Waals surface area contributed by atoms with Crippen molar-refractivity contribution in [1.82, 2.24) is 0 Å². The molecule has 1 aromatic rings. The average molecular weight is 302 g/mol. The molecule has 1 saturated carbocycles. The average Bonchev–Trinajstić information content (AvgIpc) is 2.33. The summed E-state index contributed by atoms with van der Waals surface area (Å²) in [5, 5.41) is 0.264. The third kappa shape index (κ3) is 3.63. The molecule has 19 heavy (non-hydrogen) atoms. The van der Waals surface area contributed by atoms with Crippen molar-refractivity contribution in [2.75, 3.05) is 5.73 Å². The first-order valence-electron chi connectivity index (χ1n) is 6.64. The summed E-state index contributed by atoms with van der Waals surface area (Å²) >= 11 is 5.85. The van der Waals surface area contributed by atoms with E-state index in [1.807, 2.05) is 0 Å². The number of hydrogen-bond acceptors (Lipinski definition) is 3. The van der Waals surface area contributed by atoms with E-state index in [2.05, 4.69) is 6.92 Å². The van der Waals surface area contributed by atoms with E-state index in [4.69, 9.17) is 17.3 Å². The van der Waals surface area contributed by atoms with Crippen LogP contribution in [0.5, 0.6) is 0 Å². The van der Waals surface area contributed by atoms with Crippen molar-refractivity contribution < 1.29 is 8.42 Å². The molecule has 1 aliphatic carbocycles. The molecule has 1 fully saturated rings. The lowest BCUT2D eigenvalue weighted by Gasteiger charge is -2.26. The SMILES string of the molecule is CC1CCCC(S(=O)(=O)Cc2ccc(Cl)c(N)c2)C1. The maximum absolute atomic E-state index is 12.4. The third-order valence-corrected chi connectivity index (χ3v) is 6.35. The van der Waals surface area contributed by atoms with Gasteiger partial charge in [-0.25, -0.2) is 8.42 Å². The molecule has 1 aromatic carbocycles. The van der Waals surface area contributed by atoms with Crippen molar-refractivity contribution in [3.63, 3.8) is 0 Å². The fourth-order valence-corrected chi connectivity index (χ4v) is 4.88. The van der Waals surface area contributed by atoms with E-state index in [0.717, 1.165) is 31.2 Å². The molecule has 5 heteroatoms. The first-order valence-corrected chi connectivity index (χ1v) is 8.73. The Hall–Kier alpha value is -0.740. The van der Waals surface area contributed by atoms with Gasteiger partial charge >= 0.3 is 0 Å². The van der Waals surface area contributed by atoms with Gasteiger partial charge in [-0.2, -0.15) is 0 Å². The van der Waals surface area contributed by atoms with Crippen molar-refractivity contribution in [3.05, 3.63) is 28.8 Å². The van der Waals surface area contributed by atoms with Crippen LogP contribution in [0.15, 0.2) is 18.2 Å². The minimum atomic E-state index is -3.10. The molecule has 2 atom stereocenters. The molecule has 0 heterocycles. The van der Waals surface area contributed by atoms with Gasteiger partial charge in [0.2, 0.25) is 0 Å². The molecule has 0 aromatic heterocycles. The van der Waals surface area contributed by atoms with Crippen LogP contribution in [0, 0.1) is 5.92 Å². The van der Waals surface area contributed by atoms with Crippen LogP contribution in [0.2, 0.25) is 5.02 Å². The van der Waals surface area contributed by atoms with Gasteiger partial charge in [-0.3, -0.25) is 0 Å². The first kappa shape index (κ1) is 14.7. The zero-order valence-corrected chi connectivity index (χ0v) is 12.7. The molecule has 2 N–H and O–H groups in total. The van der Waals surface area contributed by atoms with Crippen molar-refractivity contribution >= 4 is 27.1 Å². The maximum atomic E-state index is 12.4. The number of sulfone groups is 1. The van der Waals surface area contributed by atoms with Gasteiger partial charge in [0.05, 0.1) is 21.7 Å². The predicted molar refractivity (Wildman–Crippen MR) is 79.9 cm³/mol. The molecule has 3 nitrogen and oxygen atoms in total. The Kier molecular flexibility index (Phi) is 4.41. The lowest BCUT2D eigenvalue weighted by molar-refractivity contribution is 0.382. The summed E-state index contributed by atoms with van der Waals surface area (Å²) in [6, 6.07) is 5.06. The summed E-state index contributed by atoms with van der Waals surface area (Å²) in [4.78, 5) is 0. The summed E-state index contributed by atoms with van der Waals surface area (Å²) in [6.45, 7) is 2.13. The predicted octanol–water partition coefficient (Wildman–Crippen LogP) is 3.42. The fraction of sp³-hybridized carbons (Fsp3) is 0.571. The van der Waals surface area contributed by atoms with E-state index >= 15 is 0 Å². The van der Waals surface area contributed by atoms with Crippen LogP contribution in [0.4, 0.5) is 5.69 Å². The van der Waals surface area contributed by atoms with Crippen LogP contribution in [0.1, 0.15) is 38.2 Å². The number of halogens is 1. The van der Waals surface area contributed by atoms with Crippen LogP contribution in [-0.4, -0.2) is 13.7 Å². The molecular weight excluding hydrogens is 282 g/mol. The number of anilines is 1. The van der Waals surface area contributed by atoms with Gasteiger partial charge in [0.25, 0.3) is 0 Å². The first-order chi connectivity index (χ1) is 8.88. The summed E-state index contributed by atoms with van der Waals surface area (Å²) in [6.07, 6.45) is 3.72. The van der Waals surface area contributed by atoms with Gasteiger partial charge in [0, 0.05) is 0 Å². The largest absolute Gasteiger partial charge is 0.398 e. The van der Waals surface area contributed by atoms with Crippen LogP contribution in [0.3, 0.4) is 0 Å². The second-order valence-corrected chi connectivity index (χ2v) is 8.25. The van der Waals surface area contributed by atoms with E-state index < -0.39 is 9.84 Å². The van der Waals surface area contributed by atoms with Gasteiger partial charge in [0.1, 0.15) is 0 Å². The molecule has 0 amide bonds.